The molecule has 0 aromatic heterocycles. The van der Waals surface area contributed by atoms with Gasteiger partial charge in [-0.25, -0.2) is 4.79 Å². The van der Waals surface area contributed by atoms with Gasteiger partial charge in [0, 0.05) is 0 Å². The SMILES string of the molecule is Cc1cc(C(=O)O)ccc1C1BC(C)(C)C(C)(C)O1. The van der Waals surface area contributed by atoms with E-state index in [9.17, 15) is 4.79 Å². The summed E-state index contributed by atoms with van der Waals surface area (Å²) in [4.78, 5) is 11.0. The lowest BCUT2D eigenvalue weighted by atomic mass is 9.47. The highest BCUT2D eigenvalue weighted by molar-refractivity contribution is 6.43. The summed E-state index contributed by atoms with van der Waals surface area (Å²) in [6.07, 6.45) is 0. The van der Waals surface area contributed by atoms with Gasteiger partial charge >= 0.3 is 5.97 Å². The Kier molecular flexibility index (Phi) is 3.25. The van der Waals surface area contributed by atoms with E-state index in [1.807, 2.05) is 13.0 Å². The summed E-state index contributed by atoms with van der Waals surface area (Å²) in [5, 5.41) is 9.11. The highest BCUT2D eigenvalue weighted by Crippen LogP contribution is 2.51. The van der Waals surface area contributed by atoms with Gasteiger partial charge in [-0.1, -0.05) is 19.9 Å². The average Bonchev–Trinajstić information content (AvgIpc) is 2.47. The molecule has 2 rings (SSSR count). The molecule has 1 atom stereocenters. The van der Waals surface area contributed by atoms with E-state index < -0.39 is 5.97 Å². The molecule has 0 spiro atoms. The molecule has 1 saturated heterocycles. The molecule has 1 aromatic rings. The molecule has 1 fully saturated rings. The molecule has 3 nitrogen and oxygen atoms in total. The van der Waals surface area contributed by atoms with Crippen LogP contribution in [0.15, 0.2) is 18.2 Å². The summed E-state index contributed by atoms with van der Waals surface area (Å²) >= 11 is 0. The maximum absolute atomic E-state index is 11.0. The van der Waals surface area contributed by atoms with Crippen LogP contribution in [0, 0.1) is 6.92 Å². The van der Waals surface area contributed by atoms with Crippen molar-refractivity contribution in [2.24, 2.45) is 0 Å². The van der Waals surface area contributed by atoms with Gasteiger partial charge in [0.1, 0.15) is 0 Å². The molecule has 0 aliphatic carbocycles. The van der Waals surface area contributed by atoms with Crippen LogP contribution in [0.2, 0.25) is 5.31 Å². The van der Waals surface area contributed by atoms with Crippen LogP contribution in [0.25, 0.3) is 0 Å². The molecule has 0 saturated carbocycles. The summed E-state index contributed by atoms with van der Waals surface area (Å²) in [5.41, 5.74) is 2.25. The number of benzene rings is 1. The smallest absolute Gasteiger partial charge is 0.335 e. The number of aryl methyl sites for hydroxylation is 1. The van der Waals surface area contributed by atoms with Crippen LogP contribution in [0.3, 0.4) is 0 Å². The summed E-state index contributed by atoms with van der Waals surface area (Å²) in [6, 6.07) is 5.32. The molecular formula is C15H21BO3. The Morgan fingerprint density at radius 1 is 1.32 bits per heavy atom. The van der Waals surface area contributed by atoms with Crippen molar-refractivity contribution in [1.29, 1.82) is 0 Å². The predicted octanol–water partition coefficient (Wildman–Crippen LogP) is 3.14. The Bertz CT molecular complexity index is 504. The van der Waals surface area contributed by atoms with Crippen LogP contribution in [0.4, 0.5) is 0 Å². The first-order valence-electron chi connectivity index (χ1n) is 6.66. The molecular weight excluding hydrogens is 239 g/mol. The van der Waals surface area contributed by atoms with Gasteiger partial charge in [-0.15, -0.1) is 0 Å². The van der Waals surface area contributed by atoms with E-state index >= 15 is 0 Å². The summed E-state index contributed by atoms with van der Waals surface area (Å²) in [7, 11) is 0.952. The zero-order valence-corrected chi connectivity index (χ0v) is 12.3. The number of carbonyl (C=O) groups is 1. The minimum Gasteiger partial charge on any atom is -0.478 e. The molecule has 102 valence electrons. The molecule has 1 aliphatic rings. The quantitative estimate of drug-likeness (QED) is 0.831. The third kappa shape index (κ3) is 2.41. The number of hydrogen-bond acceptors (Lipinski definition) is 2. The fourth-order valence-corrected chi connectivity index (χ4v) is 2.61. The normalized spacial score (nSPS) is 23.9. The van der Waals surface area contributed by atoms with Gasteiger partial charge in [-0.3, -0.25) is 0 Å². The topological polar surface area (TPSA) is 46.5 Å². The van der Waals surface area contributed by atoms with Gasteiger partial charge in [-0.2, -0.15) is 0 Å². The van der Waals surface area contributed by atoms with E-state index in [1.54, 1.807) is 12.1 Å². The molecule has 0 amide bonds. The van der Waals surface area contributed by atoms with Gasteiger partial charge < -0.3 is 9.84 Å². The Labute approximate surface area is 115 Å². The fraction of sp³-hybridized carbons (Fsp3) is 0.533. The van der Waals surface area contributed by atoms with Crippen molar-refractivity contribution >= 4 is 13.2 Å². The Morgan fingerprint density at radius 3 is 2.37 bits per heavy atom. The van der Waals surface area contributed by atoms with E-state index in [1.165, 1.54) is 0 Å². The lowest BCUT2D eigenvalue weighted by molar-refractivity contribution is -0.0344. The molecule has 1 N–H and O–H groups in total. The summed E-state index contributed by atoms with van der Waals surface area (Å²) < 4.78 is 6.18. The Hall–Kier alpha value is -1.29. The van der Waals surface area contributed by atoms with Gasteiger partial charge in [0.2, 0.25) is 0 Å². The van der Waals surface area contributed by atoms with E-state index in [0.29, 0.717) is 5.56 Å². The first-order valence-corrected chi connectivity index (χ1v) is 6.66. The second-order valence-electron chi connectivity index (χ2n) is 6.58. The van der Waals surface area contributed by atoms with Crippen molar-refractivity contribution in [3.63, 3.8) is 0 Å². The maximum Gasteiger partial charge on any atom is 0.335 e. The van der Waals surface area contributed by atoms with Gasteiger partial charge in [0.15, 0.2) is 7.28 Å². The van der Waals surface area contributed by atoms with E-state index in [0.717, 1.165) is 18.4 Å². The van der Waals surface area contributed by atoms with Gasteiger partial charge in [0.25, 0.3) is 0 Å². The van der Waals surface area contributed by atoms with Crippen LogP contribution in [0.5, 0.6) is 0 Å². The van der Waals surface area contributed by atoms with Crippen LogP contribution < -0.4 is 0 Å². The number of hydrogen-bond donors (Lipinski definition) is 1. The summed E-state index contributed by atoms with van der Waals surface area (Å²) in [6.45, 7) is 10.6. The minimum absolute atomic E-state index is 0.0489. The number of rotatable bonds is 2. The molecule has 1 heterocycles. The predicted molar refractivity (Wildman–Crippen MR) is 77.2 cm³/mol. The van der Waals surface area contributed by atoms with Gasteiger partial charge in [0.05, 0.1) is 17.2 Å². The largest absolute Gasteiger partial charge is 0.478 e. The standard InChI is InChI=1S/C15H21BO3/c1-9-8-10(13(17)18)6-7-11(9)12-16-14(2,3)15(4,5)19-12/h6-8,12,16H,1-5H3,(H,17,18). The highest BCUT2D eigenvalue weighted by Gasteiger charge is 2.49. The van der Waals surface area contributed by atoms with Crippen LogP contribution in [0.1, 0.15) is 55.2 Å². The lowest BCUT2D eigenvalue weighted by Gasteiger charge is -2.33. The van der Waals surface area contributed by atoms with Crippen LogP contribution in [-0.4, -0.2) is 24.0 Å². The van der Waals surface area contributed by atoms with Crippen molar-refractivity contribution in [1.82, 2.24) is 0 Å². The number of carboxylic acids is 1. The zero-order valence-electron chi connectivity index (χ0n) is 12.3. The van der Waals surface area contributed by atoms with Crippen molar-refractivity contribution in [3.8, 4) is 0 Å². The third-order valence-corrected chi connectivity index (χ3v) is 4.63. The van der Waals surface area contributed by atoms with Crippen LogP contribution in [-0.2, 0) is 4.74 Å². The van der Waals surface area contributed by atoms with Crippen molar-refractivity contribution in [2.75, 3.05) is 0 Å². The Balaban J connectivity index is 2.33. The second-order valence-corrected chi connectivity index (χ2v) is 6.58. The fourth-order valence-electron chi connectivity index (χ4n) is 2.61. The lowest BCUT2D eigenvalue weighted by Crippen LogP contribution is -2.31. The second kappa shape index (κ2) is 4.38. The average molecular weight is 260 g/mol. The van der Waals surface area contributed by atoms with E-state index in [4.69, 9.17) is 9.84 Å². The molecule has 19 heavy (non-hydrogen) atoms. The minimum atomic E-state index is -0.886. The molecule has 0 bridgehead atoms. The van der Waals surface area contributed by atoms with E-state index in [2.05, 4.69) is 27.7 Å². The third-order valence-electron chi connectivity index (χ3n) is 4.63. The number of ether oxygens (including phenoxy) is 1. The molecule has 1 aromatic carbocycles. The molecule has 1 unspecified atom stereocenters. The molecule has 4 heteroatoms. The molecule has 0 radical (unpaired) electrons. The monoisotopic (exact) mass is 260 g/mol. The highest BCUT2D eigenvalue weighted by atomic mass is 16.5. The zero-order chi connectivity index (χ0) is 14.4. The van der Waals surface area contributed by atoms with Crippen molar-refractivity contribution in [2.45, 2.75) is 51.5 Å². The number of carboxylic acid groups (broad SMARTS) is 1. The Morgan fingerprint density at radius 2 is 1.95 bits per heavy atom. The van der Waals surface area contributed by atoms with Crippen molar-refractivity contribution in [3.05, 3.63) is 34.9 Å². The summed E-state index contributed by atoms with van der Waals surface area (Å²) in [5.74, 6) is -0.886. The first kappa shape index (κ1) is 14.1. The van der Waals surface area contributed by atoms with Gasteiger partial charge in [-0.05, 0) is 49.3 Å². The van der Waals surface area contributed by atoms with Crippen molar-refractivity contribution < 1.29 is 14.6 Å². The first-order chi connectivity index (χ1) is 8.64. The van der Waals surface area contributed by atoms with Crippen LogP contribution >= 0.6 is 0 Å². The molecule has 1 aliphatic heterocycles. The van der Waals surface area contributed by atoms with E-state index in [-0.39, 0.29) is 16.9 Å². The number of aromatic carboxylic acids is 1. The maximum atomic E-state index is 11.0.